The molecular weight excluding hydrogens is 314 g/mol. The van der Waals surface area contributed by atoms with Gasteiger partial charge in [0, 0.05) is 44.5 Å². The molecule has 0 aromatic carbocycles. The molecule has 2 aromatic rings. The van der Waals surface area contributed by atoms with Crippen molar-refractivity contribution in [2.45, 2.75) is 39.5 Å². The summed E-state index contributed by atoms with van der Waals surface area (Å²) in [4.78, 5) is 9.46. The van der Waals surface area contributed by atoms with E-state index >= 15 is 0 Å². The van der Waals surface area contributed by atoms with Crippen LogP contribution >= 0.6 is 0 Å². The molecule has 0 spiro atoms. The molecule has 138 valence electrons. The minimum absolute atomic E-state index is 0.248. The molecule has 25 heavy (non-hydrogen) atoms. The zero-order chi connectivity index (χ0) is 18.0. The van der Waals surface area contributed by atoms with Crippen LogP contribution in [0.4, 0.5) is 5.82 Å². The van der Waals surface area contributed by atoms with Gasteiger partial charge in [-0.05, 0) is 38.1 Å². The van der Waals surface area contributed by atoms with E-state index in [1.807, 2.05) is 17.5 Å². The third-order valence-corrected chi connectivity index (χ3v) is 5.08. The number of nitrogens with zero attached hydrogens (tertiary/aromatic N) is 5. The lowest BCUT2D eigenvalue weighted by atomic mass is 9.97. The van der Waals surface area contributed by atoms with Gasteiger partial charge >= 0.3 is 0 Å². The van der Waals surface area contributed by atoms with E-state index in [1.54, 1.807) is 0 Å². The summed E-state index contributed by atoms with van der Waals surface area (Å²) in [7, 11) is 2.15. The van der Waals surface area contributed by atoms with Crippen LogP contribution in [0.2, 0.25) is 0 Å². The second-order valence-electron chi connectivity index (χ2n) is 7.66. The highest BCUT2D eigenvalue weighted by Crippen LogP contribution is 2.24. The summed E-state index contributed by atoms with van der Waals surface area (Å²) in [6, 6.07) is 4.23. The number of aromatic nitrogens is 3. The van der Waals surface area contributed by atoms with E-state index in [0.29, 0.717) is 11.8 Å². The third-order valence-electron chi connectivity index (χ3n) is 5.08. The van der Waals surface area contributed by atoms with Crippen LogP contribution in [0, 0.1) is 12.8 Å². The zero-order valence-corrected chi connectivity index (χ0v) is 15.9. The Morgan fingerprint density at radius 2 is 2.16 bits per heavy atom. The van der Waals surface area contributed by atoms with Crippen LogP contribution < -0.4 is 4.90 Å². The number of anilines is 1. The lowest BCUT2D eigenvalue weighted by Crippen LogP contribution is -2.41. The van der Waals surface area contributed by atoms with Crippen LogP contribution in [0.3, 0.4) is 0 Å². The van der Waals surface area contributed by atoms with Crippen LogP contribution in [0.15, 0.2) is 12.1 Å². The minimum atomic E-state index is 0.248. The standard InChI is InChI=1S/C19H31N5O/c1-14(2)17-11-19(24-18(20-17)10-15(3)21-24)22(4)12-16-6-5-7-23(13-16)8-9-25/h10-11,14,16,25H,5-9,12-13H2,1-4H3. The first-order valence-corrected chi connectivity index (χ1v) is 9.39. The molecular formula is C19H31N5O. The molecule has 0 radical (unpaired) electrons. The van der Waals surface area contributed by atoms with E-state index in [9.17, 15) is 5.11 Å². The van der Waals surface area contributed by atoms with Crippen LogP contribution in [-0.4, -0.2) is 64.4 Å². The van der Waals surface area contributed by atoms with E-state index in [2.05, 4.69) is 41.9 Å². The van der Waals surface area contributed by atoms with Crippen LogP contribution in [0.5, 0.6) is 0 Å². The SMILES string of the molecule is Cc1cc2nc(C(C)C)cc(N(C)CC3CCCN(CCO)C3)n2n1. The molecule has 1 atom stereocenters. The van der Waals surface area contributed by atoms with Crippen LogP contribution in [0.25, 0.3) is 5.65 Å². The lowest BCUT2D eigenvalue weighted by molar-refractivity contribution is 0.142. The number of piperidine rings is 1. The summed E-state index contributed by atoms with van der Waals surface area (Å²) in [5.74, 6) is 2.12. The number of aryl methyl sites for hydroxylation is 1. The fourth-order valence-electron chi connectivity index (χ4n) is 3.79. The normalized spacial score (nSPS) is 19.0. The topological polar surface area (TPSA) is 56.9 Å². The number of β-amino-alcohol motifs (C(OH)–C–C–N with tert-alkyl or cyclic N) is 1. The van der Waals surface area contributed by atoms with Crippen molar-refractivity contribution in [1.29, 1.82) is 0 Å². The molecule has 1 aliphatic heterocycles. The summed E-state index contributed by atoms with van der Waals surface area (Å²) >= 11 is 0. The van der Waals surface area contributed by atoms with E-state index in [4.69, 9.17) is 4.98 Å². The summed E-state index contributed by atoms with van der Waals surface area (Å²) in [6.45, 7) is 10.6. The maximum absolute atomic E-state index is 9.20. The van der Waals surface area contributed by atoms with Crippen molar-refractivity contribution >= 4 is 11.5 Å². The number of rotatable bonds is 6. The summed E-state index contributed by atoms with van der Waals surface area (Å²) in [6.07, 6.45) is 2.46. The minimum Gasteiger partial charge on any atom is -0.395 e. The van der Waals surface area contributed by atoms with Crippen molar-refractivity contribution in [3.63, 3.8) is 0 Å². The Morgan fingerprint density at radius 3 is 2.88 bits per heavy atom. The molecule has 3 heterocycles. The predicted octanol–water partition coefficient (Wildman–Crippen LogP) is 2.30. The maximum Gasteiger partial charge on any atom is 0.157 e. The van der Waals surface area contributed by atoms with Crippen LogP contribution in [-0.2, 0) is 0 Å². The molecule has 1 N–H and O–H groups in total. The number of likely N-dealkylation sites (tertiary alicyclic amines) is 1. The number of aliphatic hydroxyl groups is 1. The fourth-order valence-corrected chi connectivity index (χ4v) is 3.79. The Morgan fingerprint density at radius 1 is 1.36 bits per heavy atom. The van der Waals surface area contributed by atoms with Gasteiger partial charge in [-0.2, -0.15) is 9.61 Å². The molecule has 1 saturated heterocycles. The number of fused-ring (bicyclic) bond motifs is 1. The number of hydrogen-bond acceptors (Lipinski definition) is 5. The van der Waals surface area contributed by atoms with Gasteiger partial charge in [0.1, 0.15) is 5.82 Å². The monoisotopic (exact) mass is 345 g/mol. The Balaban J connectivity index is 1.82. The summed E-state index contributed by atoms with van der Waals surface area (Å²) in [5.41, 5.74) is 3.03. The molecule has 0 amide bonds. The molecule has 1 unspecified atom stereocenters. The molecule has 0 bridgehead atoms. The van der Waals surface area contributed by atoms with Crippen molar-refractivity contribution < 1.29 is 5.11 Å². The average Bonchev–Trinajstić information content (AvgIpc) is 2.94. The second-order valence-corrected chi connectivity index (χ2v) is 7.66. The first-order chi connectivity index (χ1) is 12.0. The van der Waals surface area contributed by atoms with Crippen molar-refractivity contribution in [3.8, 4) is 0 Å². The third kappa shape index (κ3) is 4.12. The van der Waals surface area contributed by atoms with E-state index in [-0.39, 0.29) is 6.61 Å². The molecule has 1 fully saturated rings. The van der Waals surface area contributed by atoms with Crippen molar-refractivity contribution in [2.75, 3.05) is 44.7 Å². The molecule has 6 heteroatoms. The first-order valence-electron chi connectivity index (χ1n) is 9.39. The Hall–Kier alpha value is -1.66. The smallest absolute Gasteiger partial charge is 0.157 e. The van der Waals surface area contributed by atoms with Gasteiger partial charge in [0.2, 0.25) is 0 Å². The molecule has 6 nitrogen and oxygen atoms in total. The van der Waals surface area contributed by atoms with Gasteiger partial charge in [0.05, 0.1) is 12.3 Å². The summed E-state index contributed by atoms with van der Waals surface area (Å²) < 4.78 is 1.97. The quantitative estimate of drug-likeness (QED) is 0.871. The highest BCUT2D eigenvalue weighted by molar-refractivity contribution is 5.52. The summed E-state index contributed by atoms with van der Waals surface area (Å²) in [5, 5.41) is 13.8. The highest BCUT2D eigenvalue weighted by atomic mass is 16.3. The van der Waals surface area contributed by atoms with E-state index in [0.717, 1.165) is 49.0 Å². The van der Waals surface area contributed by atoms with E-state index < -0.39 is 0 Å². The first kappa shape index (κ1) is 18.1. The fraction of sp³-hybridized carbons (Fsp3) is 0.684. The average molecular weight is 345 g/mol. The van der Waals surface area contributed by atoms with Gasteiger partial charge in [-0.3, -0.25) is 0 Å². The Bertz CT molecular complexity index is 709. The predicted molar refractivity (Wildman–Crippen MR) is 101 cm³/mol. The molecule has 0 aliphatic carbocycles. The van der Waals surface area contributed by atoms with Gasteiger partial charge in [0.25, 0.3) is 0 Å². The van der Waals surface area contributed by atoms with Crippen LogP contribution in [0.1, 0.15) is 44.0 Å². The highest BCUT2D eigenvalue weighted by Gasteiger charge is 2.22. The van der Waals surface area contributed by atoms with Crippen molar-refractivity contribution in [2.24, 2.45) is 5.92 Å². The van der Waals surface area contributed by atoms with Gasteiger partial charge in [0.15, 0.2) is 5.65 Å². The van der Waals surface area contributed by atoms with Crippen molar-refractivity contribution in [1.82, 2.24) is 19.5 Å². The van der Waals surface area contributed by atoms with Gasteiger partial charge in [-0.25, -0.2) is 4.98 Å². The van der Waals surface area contributed by atoms with Gasteiger partial charge in [-0.15, -0.1) is 0 Å². The van der Waals surface area contributed by atoms with Gasteiger partial charge < -0.3 is 14.9 Å². The van der Waals surface area contributed by atoms with Gasteiger partial charge in [-0.1, -0.05) is 13.8 Å². The molecule has 1 aliphatic rings. The Kier molecular flexibility index (Phi) is 5.59. The second kappa shape index (κ2) is 7.70. The van der Waals surface area contributed by atoms with Crippen molar-refractivity contribution in [3.05, 3.63) is 23.5 Å². The Labute approximate surface area is 150 Å². The largest absolute Gasteiger partial charge is 0.395 e. The zero-order valence-electron chi connectivity index (χ0n) is 15.9. The maximum atomic E-state index is 9.20. The number of aliphatic hydroxyl groups excluding tert-OH is 1. The molecule has 3 rings (SSSR count). The lowest BCUT2D eigenvalue weighted by Gasteiger charge is -2.35. The van der Waals surface area contributed by atoms with E-state index in [1.165, 1.54) is 12.8 Å². The molecule has 2 aromatic heterocycles. The molecule has 0 saturated carbocycles. The number of hydrogen-bond donors (Lipinski definition) is 1.